The number of hydrogen-bond acceptors (Lipinski definition) is 6. The van der Waals surface area contributed by atoms with Crippen LogP contribution in [0.2, 0.25) is 0 Å². The molecule has 0 bridgehead atoms. The molecule has 4 rings (SSSR count). The molecule has 1 N–H and O–H groups in total. The number of hydrogen-bond donors (Lipinski definition) is 1. The molecule has 0 aliphatic carbocycles. The van der Waals surface area contributed by atoms with Crippen LogP contribution in [-0.4, -0.2) is 33.1 Å². The van der Waals surface area contributed by atoms with Crippen LogP contribution < -0.4 is 15.8 Å². The van der Waals surface area contributed by atoms with Crippen LogP contribution in [0, 0.1) is 0 Å². The first-order valence-corrected chi connectivity index (χ1v) is 11.0. The Morgan fingerprint density at radius 3 is 2.90 bits per heavy atom. The topological polar surface area (TPSA) is 79.6 Å². The lowest BCUT2D eigenvalue weighted by molar-refractivity contribution is -0.123. The lowest BCUT2D eigenvalue weighted by Gasteiger charge is -2.34. The molecular formula is C21H25N5O2S. The van der Waals surface area contributed by atoms with Crippen molar-refractivity contribution in [2.24, 2.45) is 0 Å². The van der Waals surface area contributed by atoms with Crippen LogP contribution in [0.4, 0.5) is 5.13 Å². The van der Waals surface area contributed by atoms with Gasteiger partial charge in [0, 0.05) is 24.8 Å². The molecule has 1 amide bonds. The number of piperidine rings is 1. The molecular weight excluding hydrogens is 386 g/mol. The Labute approximate surface area is 173 Å². The Kier molecular flexibility index (Phi) is 5.89. The molecule has 1 unspecified atom stereocenters. The van der Waals surface area contributed by atoms with Gasteiger partial charge in [0.05, 0.1) is 0 Å². The van der Waals surface area contributed by atoms with E-state index in [1.54, 1.807) is 6.07 Å². The normalized spacial score (nSPS) is 16.9. The minimum Gasteiger partial charge on any atom is -0.350 e. The molecule has 29 heavy (non-hydrogen) atoms. The second kappa shape index (κ2) is 8.73. The number of carbonyl (C=O) groups excluding carboxylic acids is 1. The van der Waals surface area contributed by atoms with Crippen LogP contribution in [0.1, 0.15) is 43.9 Å². The molecule has 152 valence electrons. The van der Waals surface area contributed by atoms with E-state index in [4.69, 9.17) is 0 Å². The van der Waals surface area contributed by atoms with Crippen molar-refractivity contribution in [1.29, 1.82) is 0 Å². The standard InChI is InChI=1S/C21H25N5O2S/c1-2-8-16-13-18(27)26-20(23-16)29-21(24-26)25-12-7-6-11-17(25)19(28)22-14-15-9-4-3-5-10-15/h3-5,9-10,13,17H,2,6-8,11-12,14H2,1H3,(H,22,28). The van der Waals surface area contributed by atoms with Gasteiger partial charge in [0.1, 0.15) is 6.04 Å². The fourth-order valence-electron chi connectivity index (χ4n) is 3.68. The van der Waals surface area contributed by atoms with Crippen LogP contribution >= 0.6 is 11.3 Å². The SMILES string of the molecule is CCCc1cc(=O)n2nc(N3CCCCC3C(=O)NCc3ccccc3)sc2n1. The summed E-state index contributed by atoms with van der Waals surface area (Å²) in [5, 5.41) is 8.23. The third-order valence-electron chi connectivity index (χ3n) is 5.15. The third kappa shape index (κ3) is 4.32. The monoisotopic (exact) mass is 411 g/mol. The summed E-state index contributed by atoms with van der Waals surface area (Å²) < 4.78 is 1.35. The van der Waals surface area contributed by atoms with Crippen molar-refractivity contribution in [1.82, 2.24) is 19.9 Å². The summed E-state index contributed by atoms with van der Waals surface area (Å²) in [6.07, 6.45) is 4.49. The summed E-state index contributed by atoms with van der Waals surface area (Å²) in [4.78, 5) is 32.5. The second-order valence-corrected chi connectivity index (χ2v) is 8.26. The molecule has 0 spiro atoms. The van der Waals surface area contributed by atoms with E-state index in [0.717, 1.165) is 49.9 Å². The summed E-state index contributed by atoms with van der Waals surface area (Å²) in [6.45, 7) is 3.32. The highest BCUT2D eigenvalue weighted by Gasteiger charge is 2.31. The smallest absolute Gasteiger partial charge is 0.275 e. The summed E-state index contributed by atoms with van der Waals surface area (Å²) in [7, 11) is 0. The highest BCUT2D eigenvalue weighted by Crippen LogP contribution is 2.28. The van der Waals surface area contributed by atoms with Gasteiger partial charge in [-0.2, -0.15) is 4.52 Å². The van der Waals surface area contributed by atoms with Gasteiger partial charge < -0.3 is 10.2 Å². The number of amides is 1. The maximum absolute atomic E-state index is 12.9. The Morgan fingerprint density at radius 1 is 1.28 bits per heavy atom. The molecule has 1 aromatic carbocycles. The highest BCUT2D eigenvalue weighted by atomic mass is 32.1. The van der Waals surface area contributed by atoms with E-state index in [1.165, 1.54) is 15.9 Å². The molecule has 3 heterocycles. The first-order valence-electron chi connectivity index (χ1n) is 10.1. The van der Waals surface area contributed by atoms with Crippen molar-refractivity contribution < 1.29 is 4.79 Å². The molecule has 0 saturated carbocycles. The average molecular weight is 412 g/mol. The molecule has 7 nitrogen and oxygen atoms in total. The largest absolute Gasteiger partial charge is 0.350 e. The van der Waals surface area contributed by atoms with Gasteiger partial charge in [-0.3, -0.25) is 9.59 Å². The first kappa shape index (κ1) is 19.6. The minimum absolute atomic E-state index is 0.000197. The number of rotatable bonds is 6. The van der Waals surface area contributed by atoms with Gasteiger partial charge in [0.15, 0.2) is 0 Å². The van der Waals surface area contributed by atoms with Crippen LogP contribution in [0.25, 0.3) is 4.96 Å². The number of nitrogens with one attached hydrogen (secondary N) is 1. The van der Waals surface area contributed by atoms with E-state index in [-0.39, 0.29) is 17.5 Å². The number of aromatic nitrogens is 3. The number of benzene rings is 1. The maximum Gasteiger partial charge on any atom is 0.275 e. The van der Waals surface area contributed by atoms with E-state index in [9.17, 15) is 9.59 Å². The predicted octanol–water partition coefficient (Wildman–Crippen LogP) is 2.78. The van der Waals surface area contributed by atoms with E-state index < -0.39 is 0 Å². The molecule has 1 saturated heterocycles. The van der Waals surface area contributed by atoms with Crippen molar-refractivity contribution in [3.05, 3.63) is 58.0 Å². The molecule has 1 aliphatic rings. The van der Waals surface area contributed by atoms with Crippen molar-refractivity contribution in [3.8, 4) is 0 Å². The number of aryl methyl sites for hydroxylation is 1. The molecule has 8 heteroatoms. The van der Waals surface area contributed by atoms with Gasteiger partial charge in [-0.15, -0.1) is 5.10 Å². The maximum atomic E-state index is 12.9. The van der Waals surface area contributed by atoms with Gasteiger partial charge in [0.2, 0.25) is 16.0 Å². The van der Waals surface area contributed by atoms with E-state index in [0.29, 0.717) is 16.6 Å². The fraction of sp³-hybridized carbons (Fsp3) is 0.429. The number of anilines is 1. The molecule has 1 atom stereocenters. The zero-order valence-corrected chi connectivity index (χ0v) is 17.3. The van der Waals surface area contributed by atoms with Gasteiger partial charge in [0.25, 0.3) is 5.56 Å². The average Bonchev–Trinajstić information content (AvgIpc) is 3.18. The van der Waals surface area contributed by atoms with Crippen molar-refractivity contribution in [2.75, 3.05) is 11.4 Å². The van der Waals surface area contributed by atoms with Crippen molar-refractivity contribution in [2.45, 2.75) is 51.6 Å². The Balaban J connectivity index is 1.56. The van der Waals surface area contributed by atoms with Gasteiger partial charge >= 0.3 is 0 Å². The van der Waals surface area contributed by atoms with Gasteiger partial charge in [-0.05, 0) is 31.2 Å². The molecule has 1 fully saturated rings. The quantitative estimate of drug-likeness (QED) is 0.675. The molecule has 3 aromatic rings. The second-order valence-electron chi connectivity index (χ2n) is 7.32. The third-order valence-corrected chi connectivity index (χ3v) is 6.10. The van der Waals surface area contributed by atoms with E-state index in [1.807, 2.05) is 35.2 Å². The zero-order valence-electron chi connectivity index (χ0n) is 16.5. The molecule has 2 aromatic heterocycles. The zero-order chi connectivity index (χ0) is 20.2. The van der Waals surface area contributed by atoms with E-state index >= 15 is 0 Å². The first-order chi connectivity index (χ1) is 14.2. The van der Waals surface area contributed by atoms with Crippen molar-refractivity contribution >= 4 is 27.3 Å². The van der Waals surface area contributed by atoms with E-state index in [2.05, 4.69) is 22.3 Å². The lowest BCUT2D eigenvalue weighted by atomic mass is 10.0. The Hall–Kier alpha value is -2.74. The van der Waals surface area contributed by atoms with Crippen molar-refractivity contribution in [3.63, 3.8) is 0 Å². The van der Waals surface area contributed by atoms with Crippen LogP contribution in [0.3, 0.4) is 0 Å². The summed E-state index contributed by atoms with van der Waals surface area (Å²) in [5.41, 5.74) is 1.70. The minimum atomic E-state index is -0.279. The predicted molar refractivity (Wildman–Crippen MR) is 114 cm³/mol. The number of carbonyl (C=O) groups is 1. The Morgan fingerprint density at radius 2 is 2.10 bits per heavy atom. The van der Waals surface area contributed by atoms with Gasteiger partial charge in [-0.1, -0.05) is 55.0 Å². The van der Waals surface area contributed by atoms with Crippen LogP contribution in [0.15, 0.2) is 41.2 Å². The summed E-state index contributed by atoms with van der Waals surface area (Å²) in [6, 6.07) is 11.2. The summed E-state index contributed by atoms with van der Waals surface area (Å²) >= 11 is 1.38. The van der Waals surface area contributed by atoms with Crippen LogP contribution in [0.5, 0.6) is 0 Å². The number of fused-ring (bicyclic) bond motifs is 1. The highest BCUT2D eigenvalue weighted by molar-refractivity contribution is 7.20. The molecule has 0 radical (unpaired) electrons. The lowest BCUT2D eigenvalue weighted by Crippen LogP contribution is -2.49. The summed E-state index contributed by atoms with van der Waals surface area (Å²) in [5.74, 6) is -0.000197. The Bertz CT molecular complexity index is 1050. The fourth-order valence-corrected chi connectivity index (χ4v) is 4.68. The van der Waals surface area contributed by atoms with Gasteiger partial charge in [-0.25, -0.2) is 4.98 Å². The number of nitrogens with zero attached hydrogens (tertiary/aromatic N) is 4. The van der Waals surface area contributed by atoms with Crippen LogP contribution in [-0.2, 0) is 17.8 Å². The molecule has 1 aliphatic heterocycles.